The second kappa shape index (κ2) is 3.38. The molecule has 0 aliphatic heterocycles. The predicted octanol–water partition coefficient (Wildman–Crippen LogP) is 1.35. The number of benzene rings is 1. The number of halogens is 1. The van der Waals surface area contributed by atoms with Crippen LogP contribution in [0, 0.1) is 6.92 Å². The second-order valence-corrected chi connectivity index (χ2v) is 4.07. The first kappa shape index (κ1) is 10.6. The van der Waals surface area contributed by atoms with Gasteiger partial charge in [0.15, 0.2) is 0 Å². The zero-order valence-electron chi connectivity index (χ0n) is 7.19. The number of carboxylic acid groups (broad SMARTS) is 1. The van der Waals surface area contributed by atoms with Crippen molar-refractivity contribution >= 4 is 16.2 Å². The topological polar surface area (TPSA) is 71.4 Å². The van der Waals surface area contributed by atoms with Crippen LogP contribution in [-0.2, 0) is 10.2 Å². The van der Waals surface area contributed by atoms with Gasteiger partial charge in [0.05, 0.1) is 10.5 Å². The zero-order valence-corrected chi connectivity index (χ0v) is 8.01. The van der Waals surface area contributed by atoms with E-state index in [4.69, 9.17) is 5.11 Å². The van der Waals surface area contributed by atoms with Gasteiger partial charge in [-0.05, 0) is 24.6 Å². The Bertz CT molecular complexity index is 478. The molecular weight excluding hydrogens is 211 g/mol. The van der Waals surface area contributed by atoms with E-state index in [-0.39, 0.29) is 5.56 Å². The molecule has 0 radical (unpaired) electrons. The highest BCUT2D eigenvalue weighted by Gasteiger charge is 2.15. The number of carboxylic acids is 1. The van der Waals surface area contributed by atoms with Crippen LogP contribution in [0.5, 0.6) is 0 Å². The molecule has 0 aliphatic carbocycles. The maximum absolute atomic E-state index is 12.5. The molecule has 6 heteroatoms. The Labute approximate surface area is 80.2 Å². The third-order valence-corrected chi connectivity index (χ3v) is 2.54. The lowest BCUT2D eigenvalue weighted by atomic mass is 10.1. The van der Waals surface area contributed by atoms with Gasteiger partial charge in [-0.15, -0.1) is 3.89 Å². The largest absolute Gasteiger partial charge is 0.478 e. The van der Waals surface area contributed by atoms with E-state index < -0.39 is 21.1 Å². The highest BCUT2D eigenvalue weighted by Crippen LogP contribution is 2.17. The summed E-state index contributed by atoms with van der Waals surface area (Å²) in [6, 6.07) is 3.07. The monoisotopic (exact) mass is 218 g/mol. The van der Waals surface area contributed by atoms with Crippen molar-refractivity contribution in [1.82, 2.24) is 0 Å². The van der Waals surface area contributed by atoms with Crippen LogP contribution in [-0.4, -0.2) is 19.5 Å². The SMILES string of the molecule is Cc1ccc(S(=O)(=O)F)cc1C(=O)O. The lowest BCUT2D eigenvalue weighted by Crippen LogP contribution is -2.02. The smallest absolute Gasteiger partial charge is 0.335 e. The first-order valence-electron chi connectivity index (χ1n) is 3.61. The van der Waals surface area contributed by atoms with E-state index in [1.807, 2.05) is 0 Å². The van der Waals surface area contributed by atoms with E-state index in [0.717, 1.165) is 12.1 Å². The first-order chi connectivity index (χ1) is 6.32. The molecular formula is C8H7FO4S. The Kier molecular flexibility index (Phi) is 2.57. The van der Waals surface area contributed by atoms with Gasteiger partial charge in [0.2, 0.25) is 0 Å². The molecule has 0 unspecified atom stereocenters. The fraction of sp³-hybridized carbons (Fsp3) is 0.125. The highest BCUT2D eigenvalue weighted by molar-refractivity contribution is 7.86. The standard InChI is InChI=1S/C8H7FO4S/c1-5-2-3-6(14(9,12)13)4-7(5)8(10)11/h2-4H,1H3,(H,10,11). The summed E-state index contributed by atoms with van der Waals surface area (Å²) in [4.78, 5) is 9.95. The molecule has 1 N–H and O–H groups in total. The number of aromatic carboxylic acids is 1. The number of hydrogen-bond donors (Lipinski definition) is 1. The first-order valence-corrected chi connectivity index (χ1v) is 4.99. The van der Waals surface area contributed by atoms with E-state index in [2.05, 4.69) is 0 Å². The summed E-state index contributed by atoms with van der Waals surface area (Å²) in [7, 11) is -4.84. The summed E-state index contributed by atoms with van der Waals surface area (Å²) in [6.07, 6.45) is 0. The Hall–Kier alpha value is -1.43. The fourth-order valence-electron chi connectivity index (χ4n) is 0.983. The Balaban J connectivity index is 3.42. The average molecular weight is 218 g/mol. The summed E-state index contributed by atoms with van der Waals surface area (Å²) in [5.41, 5.74) is 0.161. The lowest BCUT2D eigenvalue weighted by molar-refractivity contribution is 0.0696. The van der Waals surface area contributed by atoms with Crippen molar-refractivity contribution in [3.63, 3.8) is 0 Å². The highest BCUT2D eigenvalue weighted by atomic mass is 32.3. The molecule has 1 rings (SSSR count). The van der Waals surface area contributed by atoms with E-state index in [9.17, 15) is 17.1 Å². The molecule has 14 heavy (non-hydrogen) atoms. The Morgan fingerprint density at radius 1 is 1.43 bits per heavy atom. The van der Waals surface area contributed by atoms with Gasteiger partial charge in [-0.2, -0.15) is 8.42 Å². The maximum atomic E-state index is 12.5. The minimum absolute atomic E-state index is 0.219. The predicted molar refractivity (Wildman–Crippen MR) is 46.4 cm³/mol. The van der Waals surface area contributed by atoms with Gasteiger partial charge in [0, 0.05) is 0 Å². The molecule has 0 aliphatic rings. The number of hydrogen-bond acceptors (Lipinski definition) is 3. The molecule has 1 aromatic carbocycles. The van der Waals surface area contributed by atoms with Crippen molar-refractivity contribution in [2.45, 2.75) is 11.8 Å². The van der Waals surface area contributed by atoms with Crippen LogP contribution in [0.4, 0.5) is 3.89 Å². The van der Waals surface area contributed by atoms with Crippen molar-refractivity contribution < 1.29 is 22.2 Å². The fourth-order valence-corrected chi connectivity index (χ4v) is 1.47. The van der Waals surface area contributed by atoms with Crippen molar-refractivity contribution in [2.75, 3.05) is 0 Å². The zero-order chi connectivity index (χ0) is 10.9. The van der Waals surface area contributed by atoms with Crippen LogP contribution < -0.4 is 0 Å². The summed E-state index contributed by atoms with van der Waals surface area (Å²) in [5, 5.41) is 8.64. The van der Waals surface area contributed by atoms with Gasteiger partial charge in [0.1, 0.15) is 0 Å². The summed E-state index contributed by atoms with van der Waals surface area (Å²) >= 11 is 0. The third kappa shape index (κ3) is 2.08. The van der Waals surface area contributed by atoms with Crippen molar-refractivity contribution in [1.29, 1.82) is 0 Å². The van der Waals surface area contributed by atoms with E-state index in [1.165, 1.54) is 13.0 Å². The van der Waals surface area contributed by atoms with Crippen molar-refractivity contribution in [3.05, 3.63) is 29.3 Å². The number of carbonyl (C=O) groups is 1. The van der Waals surface area contributed by atoms with Crippen LogP contribution >= 0.6 is 0 Å². The van der Waals surface area contributed by atoms with E-state index in [0.29, 0.717) is 5.56 Å². The van der Waals surface area contributed by atoms with Gasteiger partial charge < -0.3 is 5.11 Å². The maximum Gasteiger partial charge on any atom is 0.335 e. The molecule has 0 spiro atoms. The Morgan fingerprint density at radius 2 is 2.00 bits per heavy atom. The quantitative estimate of drug-likeness (QED) is 0.760. The van der Waals surface area contributed by atoms with Crippen LogP contribution in [0.25, 0.3) is 0 Å². The van der Waals surface area contributed by atoms with E-state index in [1.54, 1.807) is 0 Å². The minimum atomic E-state index is -4.84. The van der Waals surface area contributed by atoms with Crippen LogP contribution in [0.15, 0.2) is 23.1 Å². The molecule has 0 amide bonds. The molecule has 0 saturated carbocycles. The normalized spacial score (nSPS) is 11.3. The van der Waals surface area contributed by atoms with Gasteiger partial charge in [-0.3, -0.25) is 0 Å². The molecule has 0 fully saturated rings. The average Bonchev–Trinajstić information content (AvgIpc) is 2.02. The molecule has 0 atom stereocenters. The molecule has 0 aromatic heterocycles. The van der Waals surface area contributed by atoms with Crippen molar-refractivity contribution in [2.24, 2.45) is 0 Å². The van der Waals surface area contributed by atoms with Crippen LogP contribution in [0.1, 0.15) is 15.9 Å². The molecule has 4 nitrogen and oxygen atoms in total. The third-order valence-electron chi connectivity index (χ3n) is 1.72. The van der Waals surface area contributed by atoms with Gasteiger partial charge in [0.25, 0.3) is 0 Å². The lowest BCUT2D eigenvalue weighted by Gasteiger charge is -2.01. The summed E-state index contributed by atoms with van der Waals surface area (Å²) < 4.78 is 33.4. The number of aryl methyl sites for hydroxylation is 1. The summed E-state index contributed by atoms with van der Waals surface area (Å²) in [5.74, 6) is -1.28. The molecule has 1 aromatic rings. The molecule has 76 valence electrons. The minimum Gasteiger partial charge on any atom is -0.478 e. The molecule has 0 heterocycles. The van der Waals surface area contributed by atoms with Gasteiger partial charge in [-0.1, -0.05) is 6.07 Å². The van der Waals surface area contributed by atoms with Crippen LogP contribution in [0.3, 0.4) is 0 Å². The molecule has 0 saturated heterocycles. The summed E-state index contributed by atoms with van der Waals surface area (Å²) in [6.45, 7) is 1.50. The van der Waals surface area contributed by atoms with Crippen LogP contribution in [0.2, 0.25) is 0 Å². The molecule has 0 bridgehead atoms. The Morgan fingerprint density at radius 3 is 2.43 bits per heavy atom. The van der Waals surface area contributed by atoms with Crippen molar-refractivity contribution in [3.8, 4) is 0 Å². The van der Waals surface area contributed by atoms with E-state index >= 15 is 0 Å². The second-order valence-electron chi connectivity index (χ2n) is 2.72. The van der Waals surface area contributed by atoms with Gasteiger partial charge >= 0.3 is 16.2 Å². The van der Waals surface area contributed by atoms with Gasteiger partial charge in [-0.25, -0.2) is 4.79 Å². The number of rotatable bonds is 2.